The lowest BCUT2D eigenvalue weighted by atomic mass is 9.81. The van der Waals surface area contributed by atoms with Crippen LogP contribution in [0, 0.1) is 0 Å². The van der Waals surface area contributed by atoms with Crippen LogP contribution in [0.3, 0.4) is 0 Å². The molecule has 0 aliphatic heterocycles. The van der Waals surface area contributed by atoms with Gasteiger partial charge in [0.2, 0.25) is 0 Å². The highest BCUT2D eigenvalue weighted by molar-refractivity contribution is 6.10. The number of aromatic nitrogens is 1. The number of para-hydroxylation sites is 2. The molecule has 9 aromatic rings. The highest BCUT2D eigenvalue weighted by Crippen LogP contribution is 2.58. The summed E-state index contributed by atoms with van der Waals surface area (Å²) in [4.78, 5) is 2.56. The Labute approximate surface area is 328 Å². The van der Waals surface area contributed by atoms with Gasteiger partial charge in [-0.1, -0.05) is 161 Å². The van der Waals surface area contributed by atoms with Gasteiger partial charge in [0.25, 0.3) is 0 Å². The first kappa shape index (κ1) is 32.8. The number of anilines is 3. The van der Waals surface area contributed by atoms with E-state index in [2.05, 4.69) is 219 Å². The van der Waals surface area contributed by atoms with Crippen molar-refractivity contribution in [2.45, 2.75) is 38.5 Å². The molecule has 268 valence electrons. The van der Waals surface area contributed by atoms with Crippen LogP contribution in [0.1, 0.15) is 49.9 Å². The molecule has 2 nitrogen and oxygen atoms in total. The second-order valence-electron chi connectivity index (χ2n) is 16.5. The summed E-state index contributed by atoms with van der Waals surface area (Å²) in [5, 5.41) is 2.52. The molecule has 0 amide bonds. The van der Waals surface area contributed by atoms with Crippen molar-refractivity contribution in [2.75, 3.05) is 4.90 Å². The molecular weight excluding hydrogens is 677 g/mol. The first-order valence-corrected chi connectivity index (χ1v) is 19.8. The van der Waals surface area contributed by atoms with Crippen LogP contribution in [0.25, 0.3) is 60.9 Å². The quantitative estimate of drug-likeness (QED) is 0.172. The van der Waals surface area contributed by atoms with E-state index in [-0.39, 0.29) is 10.8 Å². The van der Waals surface area contributed by atoms with Crippen LogP contribution in [0.5, 0.6) is 0 Å². The van der Waals surface area contributed by atoms with E-state index >= 15 is 0 Å². The third kappa shape index (κ3) is 4.56. The Kier molecular flexibility index (Phi) is 6.98. The Bertz CT molecular complexity index is 3030. The van der Waals surface area contributed by atoms with Crippen LogP contribution in [-0.2, 0) is 10.8 Å². The molecule has 11 rings (SSSR count). The minimum atomic E-state index is -0.191. The average molecular weight is 719 g/mol. The van der Waals surface area contributed by atoms with Gasteiger partial charge < -0.3 is 9.47 Å². The average Bonchev–Trinajstić information content (AvgIpc) is 3.79. The summed E-state index contributed by atoms with van der Waals surface area (Å²) < 4.78 is 2.41. The number of fused-ring (bicyclic) bond motifs is 9. The smallest absolute Gasteiger partial charge is 0.0547 e. The molecule has 0 bridgehead atoms. The van der Waals surface area contributed by atoms with E-state index in [0.29, 0.717) is 0 Å². The number of hydrogen-bond acceptors (Lipinski definition) is 1. The summed E-state index contributed by atoms with van der Waals surface area (Å²) in [6.07, 6.45) is 0. The molecule has 0 N–H and O–H groups in total. The summed E-state index contributed by atoms with van der Waals surface area (Å²) in [5.41, 5.74) is 20.0. The first-order valence-electron chi connectivity index (χ1n) is 19.8. The van der Waals surface area contributed by atoms with E-state index in [1.54, 1.807) is 0 Å². The SMILES string of the molecule is CC1(C)c2ccccc2-c2c(N(c3cccc(-c4ccc5c6ccccc6n(-c6ccccc6)c5c4)c3)c3cccc4c3C(C)(C)c3ccccc3-4)cccc21. The summed E-state index contributed by atoms with van der Waals surface area (Å²) in [6, 6.07) is 67.5. The molecule has 0 saturated carbocycles. The zero-order chi connectivity index (χ0) is 37.8. The van der Waals surface area contributed by atoms with E-state index in [1.165, 1.54) is 94.5 Å². The monoisotopic (exact) mass is 718 g/mol. The molecule has 0 radical (unpaired) electrons. The molecule has 0 fully saturated rings. The lowest BCUT2D eigenvalue weighted by Gasteiger charge is -2.34. The zero-order valence-electron chi connectivity index (χ0n) is 32.2. The van der Waals surface area contributed by atoms with E-state index in [0.717, 1.165) is 5.69 Å². The minimum Gasteiger partial charge on any atom is -0.310 e. The van der Waals surface area contributed by atoms with Gasteiger partial charge in [0.15, 0.2) is 0 Å². The predicted octanol–water partition coefficient (Wildman–Crippen LogP) is 14.5. The Morgan fingerprint density at radius 1 is 0.411 bits per heavy atom. The van der Waals surface area contributed by atoms with E-state index < -0.39 is 0 Å². The third-order valence-electron chi connectivity index (χ3n) is 12.8. The van der Waals surface area contributed by atoms with Crippen LogP contribution in [0.2, 0.25) is 0 Å². The number of hydrogen-bond donors (Lipinski definition) is 0. The first-order chi connectivity index (χ1) is 27.3. The van der Waals surface area contributed by atoms with Crippen LogP contribution in [0.15, 0.2) is 182 Å². The third-order valence-corrected chi connectivity index (χ3v) is 12.8. The Morgan fingerprint density at radius 3 is 1.86 bits per heavy atom. The topological polar surface area (TPSA) is 8.17 Å². The minimum absolute atomic E-state index is 0.115. The molecule has 1 aromatic heterocycles. The van der Waals surface area contributed by atoms with Gasteiger partial charge in [-0.15, -0.1) is 0 Å². The zero-order valence-corrected chi connectivity index (χ0v) is 32.2. The molecule has 1 heterocycles. The van der Waals surface area contributed by atoms with Gasteiger partial charge in [-0.2, -0.15) is 0 Å². The molecule has 2 heteroatoms. The maximum atomic E-state index is 2.56. The summed E-state index contributed by atoms with van der Waals surface area (Å²) in [5.74, 6) is 0. The second kappa shape index (κ2) is 11.9. The van der Waals surface area contributed by atoms with E-state index in [1.807, 2.05) is 0 Å². The highest BCUT2D eigenvalue weighted by atomic mass is 15.2. The van der Waals surface area contributed by atoms with Crippen molar-refractivity contribution in [2.24, 2.45) is 0 Å². The van der Waals surface area contributed by atoms with Gasteiger partial charge in [-0.05, 0) is 98.6 Å². The molecular formula is C54H42N2. The molecule has 0 spiro atoms. The summed E-state index contributed by atoms with van der Waals surface area (Å²) in [6.45, 7) is 9.53. The Hall–Kier alpha value is -6.64. The van der Waals surface area contributed by atoms with Crippen molar-refractivity contribution < 1.29 is 0 Å². The molecule has 0 saturated heterocycles. The standard InChI is InChI=1S/C54H42N2/c1-53(2)45-26-12-9-23-43(45)51-46(53)27-16-29-48(51)56(49-30-15-24-42-39-21-8-11-25-44(39)54(3,4)52(42)49)38-20-14-17-35(33-38)36-31-32-41-40-22-10-13-28-47(40)55(50(41)34-36)37-18-6-5-7-19-37/h5-34H,1-4H3. The second-order valence-corrected chi connectivity index (χ2v) is 16.5. The van der Waals surface area contributed by atoms with Crippen LogP contribution < -0.4 is 4.90 Å². The maximum Gasteiger partial charge on any atom is 0.0547 e. The molecule has 0 atom stereocenters. The fourth-order valence-corrected chi connectivity index (χ4v) is 10.2. The molecule has 8 aromatic carbocycles. The van der Waals surface area contributed by atoms with Crippen molar-refractivity contribution >= 4 is 38.9 Å². The molecule has 2 aliphatic carbocycles. The molecule has 0 unspecified atom stereocenters. The van der Waals surface area contributed by atoms with Crippen molar-refractivity contribution in [1.29, 1.82) is 0 Å². The van der Waals surface area contributed by atoms with Crippen LogP contribution in [-0.4, -0.2) is 4.57 Å². The predicted molar refractivity (Wildman–Crippen MR) is 236 cm³/mol. The van der Waals surface area contributed by atoms with Gasteiger partial charge in [0.05, 0.1) is 22.4 Å². The largest absolute Gasteiger partial charge is 0.310 e. The van der Waals surface area contributed by atoms with Gasteiger partial charge in [0, 0.05) is 38.5 Å². The Balaban J connectivity index is 1.16. The lowest BCUT2D eigenvalue weighted by Crippen LogP contribution is -2.21. The normalized spacial score (nSPS) is 14.4. The van der Waals surface area contributed by atoms with Crippen LogP contribution in [0.4, 0.5) is 17.1 Å². The summed E-state index contributed by atoms with van der Waals surface area (Å²) in [7, 11) is 0. The van der Waals surface area contributed by atoms with Crippen LogP contribution >= 0.6 is 0 Å². The van der Waals surface area contributed by atoms with Gasteiger partial charge >= 0.3 is 0 Å². The van der Waals surface area contributed by atoms with Crippen molar-refractivity contribution in [3.63, 3.8) is 0 Å². The van der Waals surface area contributed by atoms with Crippen molar-refractivity contribution in [3.05, 3.63) is 204 Å². The van der Waals surface area contributed by atoms with Gasteiger partial charge in [-0.25, -0.2) is 0 Å². The van der Waals surface area contributed by atoms with Crippen molar-refractivity contribution in [1.82, 2.24) is 4.57 Å². The van der Waals surface area contributed by atoms with E-state index in [9.17, 15) is 0 Å². The Morgan fingerprint density at radius 2 is 1.02 bits per heavy atom. The molecule has 56 heavy (non-hydrogen) atoms. The fraction of sp³-hybridized carbons (Fsp3) is 0.111. The number of rotatable bonds is 5. The number of nitrogens with zero attached hydrogens (tertiary/aromatic N) is 2. The number of benzene rings is 8. The van der Waals surface area contributed by atoms with Gasteiger partial charge in [0.1, 0.15) is 0 Å². The van der Waals surface area contributed by atoms with E-state index in [4.69, 9.17) is 0 Å². The maximum absolute atomic E-state index is 2.56. The summed E-state index contributed by atoms with van der Waals surface area (Å²) >= 11 is 0. The highest BCUT2D eigenvalue weighted by Gasteiger charge is 2.41. The van der Waals surface area contributed by atoms with Gasteiger partial charge in [-0.3, -0.25) is 0 Å². The lowest BCUT2D eigenvalue weighted by molar-refractivity contribution is 0.659. The van der Waals surface area contributed by atoms with Crippen molar-refractivity contribution in [3.8, 4) is 39.1 Å². The fourth-order valence-electron chi connectivity index (χ4n) is 10.2. The molecule has 2 aliphatic rings.